The number of aromatic nitrogens is 4. The van der Waals surface area contributed by atoms with E-state index in [9.17, 15) is 8.78 Å². The number of benzene rings is 2. The molecule has 1 N–H and O–H groups in total. The maximum absolute atomic E-state index is 14.1. The van der Waals surface area contributed by atoms with Crippen LogP contribution in [0.3, 0.4) is 0 Å². The fourth-order valence-electron chi connectivity index (χ4n) is 3.53. The molecule has 0 fully saturated rings. The summed E-state index contributed by atoms with van der Waals surface area (Å²) >= 11 is 6.32. The maximum Gasteiger partial charge on any atom is 0.169 e. The zero-order valence-corrected chi connectivity index (χ0v) is 18.1. The lowest BCUT2D eigenvalue weighted by Gasteiger charge is -2.20. The van der Waals surface area contributed by atoms with E-state index in [1.54, 1.807) is 24.4 Å². The first-order valence-electron chi connectivity index (χ1n) is 10.0. The van der Waals surface area contributed by atoms with Crippen molar-refractivity contribution in [2.45, 2.75) is 13.1 Å². The first-order chi connectivity index (χ1) is 16.0. The Morgan fingerprint density at radius 1 is 1.09 bits per heavy atom. The molecule has 0 aliphatic carbocycles. The minimum atomic E-state index is -0.940. The van der Waals surface area contributed by atoms with E-state index in [0.717, 1.165) is 17.3 Å². The van der Waals surface area contributed by atoms with Gasteiger partial charge in [0.25, 0.3) is 0 Å². The fourth-order valence-corrected chi connectivity index (χ4v) is 3.79. The third-order valence-corrected chi connectivity index (χ3v) is 5.53. The minimum absolute atomic E-state index is 0.0722. The quantitative estimate of drug-likeness (QED) is 0.456. The summed E-state index contributed by atoms with van der Waals surface area (Å²) in [6, 6.07) is 13.1. The van der Waals surface area contributed by atoms with E-state index in [2.05, 4.69) is 25.3 Å². The van der Waals surface area contributed by atoms with Crippen molar-refractivity contribution >= 4 is 17.8 Å². The Balaban J connectivity index is 1.30. The molecular formula is C23H17ClF2N6O. The monoisotopic (exact) mass is 466 g/mol. The average molecular weight is 467 g/mol. The van der Waals surface area contributed by atoms with Gasteiger partial charge >= 0.3 is 0 Å². The minimum Gasteiger partial charge on any atom is -0.497 e. The Hall–Kier alpha value is -3.85. The van der Waals surface area contributed by atoms with Crippen LogP contribution in [0.2, 0.25) is 5.02 Å². The zero-order chi connectivity index (χ0) is 22.9. The highest BCUT2D eigenvalue weighted by Crippen LogP contribution is 2.30. The Labute approximate surface area is 192 Å². The van der Waals surface area contributed by atoms with Gasteiger partial charge in [-0.05, 0) is 42.5 Å². The van der Waals surface area contributed by atoms with Crippen LogP contribution in [0.15, 0.2) is 53.6 Å². The number of H-pyrrole nitrogens is 1. The molecule has 3 heterocycles. The fraction of sp³-hybridized carbons (Fsp3) is 0.130. The number of ether oxygens (including phenoxy) is 1. The van der Waals surface area contributed by atoms with Crippen LogP contribution in [0.1, 0.15) is 17.1 Å². The molecule has 0 spiro atoms. The summed E-state index contributed by atoms with van der Waals surface area (Å²) < 4.78 is 32.9. The molecule has 33 heavy (non-hydrogen) atoms. The van der Waals surface area contributed by atoms with Gasteiger partial charge in [0.05, 0.1) is 54.1 Å². The number of nitrogens with one attached hydrogen (secondary N) is 1. The number of rotatable bonds is 5. The molecule has 10 heteroatoms. The van der Waals surface area contributed by atoms with Crippen LogP contribution in [0.5, 0.6) is 5.75 Å². The van der Waals surface area contributed by atoms with E-state index in [4.69, 9.17) is 16.3 Å². The predicted molar refractivity (Wildman–Crippen MR) is 120 cm³/mol. The van der Waals surface area contributed by atoms with Crippen molar-refractivity contribution in [1.29, 1.82) is 0 Å². The van der Waals surface area contributed by atoms with Gasteiger partial charge < -0.3 is 9.72 Å². The Morgan fingerprint density at radius 3 is 2.73 bits per heavy atom. The molecule has 2 aromatic carbocycles. The first kappa shape index (κ1) is 21.0. The van der Waals surface area contributed by atoms with Gasteiger partial charge in [0, 0.05) is 5.56 Å². The summed E-state index contributed by atoms with van der Waals surface area (Å²) in [5.41, 5.74) is 3.51. The molecule has 4 aromatic rings. The SMILES string of the molecule is COc1ccc(-c2ccc(CN3Cc4[nH]c(-c5cccc(F)c5F)nc4C=N3)nn2)c(Cl)c1. The number of hydrogen-bond acceptors (Lipinski definition) is 6. The molecule has 0 saturated heterocycles. The summed E-state index contributed by atoms with van der Waals surface area (Å²) in [6.07, 6.45) is 1.58. The average Bonchev–Trinajstić information content (AvgIpc) is 3.24. The lowest BCUT2D eigenvalue weighted by Crippen LogP contribution is -2.22. The van der Waals surface area contributed by atoms with Crippen molar-refractivity contribution in [3.05, 3.63) is 82.3 Å². The Bertz CT molecular complexity index is 1360. The second kappa shape index (κ2) is 8.59. The molecule has 1 aliphatic rings. The maximum atomic E-state index is 14.1. The molecule has 0 atom stereocenters. The molecule has 0 saturated carbocycles. The largest absolute Gasteiger partial charge is 0.497 e. The van der Waals surface area contributed by atoms with Crippen LogP contribution in [0.4, 0.5) is 8.78 Å². The summed E-state index contributed by atoms with van der Waals surface area (Å²) in [5.74, 6) is -0.941. The first-order valence-corrected chi connectivity index (χ1v) is 10.4. The summed E-state index contributed by atoms with van der Waals surface area (Å²) in [4.78, 5) is 7.41. The van der Waals surface area contributed by atoms with Crippen molar-refractivity contribution < 1.29 is 13.5 Å². The molecule has 0 unspecified atom stereocenters. The van der Waals surface area contributed by atoms with Crippen LogP contribution in [0.25, 0.3) is 22.6 Å². The van der Waals surface area contributed by atoms with E-state index >= 15 is 0 Å². The van der Waals surface area contributed by atoms with E-state index in [0.29, 0.717) is 40.9 Å². The molecule has 0 radical (unpaired) electrons. The number of methoxy groups -OCH3 is 1. The van der Waals surface area contributed by atoms with Gasteiger partial charge in [0.2, 0.25) is 0 Å². The summed E-state index contributed by atoms with van der Waals surface area (Å²) in [7, 11) is 1.58. The van der Waals surface area contributed by atoms with Crippen LogP contribution < -0.4 is 4.74 Å². The molecule has 166 valence electrons. The highest BCUT2D eigenvalue weighted by atomic mass is 35.5. The third-order valence-electron chi connectivity index (χ3n) is 5.22. The standard InChI is InChI=1S/C23H17ClF2N6O/c1-33-14-6-7-15(17(24)9-14)19-8-5-13(30-31-19)11-32-12-21-20(10-27-32)28-23(29-21)16-3-2-4-18(25)22(16)26/h2-10H,11-12H2,1H3,(H,28,29). The number of imidazole rings is 1. The molecule has 7 nitrogen and oxygen atoms in total. The molecule has 1 aliphatic heterocycles. The van der Waals surface area contributed by atoms with Crippen molar-refractivity contribution in [2.75, 3.05) is 7.11 Å². The molecular weight excluding hydrogens is 450 g/mol. The van der Waals surface area contributed by atoms with Crippen molar-refractivity contribution in [2.24, 2.45) is 5.10 Å². The van der Waals surface area contributed by atoms with Crippen LogP contribution in [-0.4, -0.2) is 38.5 Å². The van der Waals surface area contributed by atoms with Gasteiger partial charge in [-0.15, -0.1) is 0 Å². The second-order valence-corrected chi connectivity index (χ2v) is 7.78. The van der Waals surface area contributed by atoms with Crippen molar-refractivity contribution in [3.8, 4) is 28.4 Å². The van der Waals surface area contributed by atoms with Crippen molar-refractivity contribution in [1.82, 2.24) is 25.2 Å². The van der Waals surface area contributed by atoms with Gasteiger partial charge in [-0.2, -0.15) is 15.3 Å². The highest BCUT2D eigenvalue weighted by Gasteiger charge is 2.20. The topological polar surface area (TPSA) is 79.3 Å². The van der Waals surface area contributed by atoms with Crippen molar-refractivity contribution in [3.63, 3.8) is 0 Å². The number of hydrogen-bond donors (Lipinski definition) is 1. The number of fused-ring (bicyclic) bond motifs is 1. The normalized spacial score (nSPS) is 12.7. The van der Waals surface area contributed by atoms with E-state index in [1.807, 2.05) is 24.3 Å². The van der Waals surface area contributed by atoms with Gasteiger partial charge in [0.15, 0.2) is 11.6 Å². The number of aromatic amines is 1. The lowest BCUT2D eigenvalue weighted by molar-refractivity contribution is 0.261. The second-order valence-electron chi connectivity index (χ2n) is 7.37. The van der Waals surface area contributed by atoms with Crippen LogP contribution in [0, 0.1) is 11.6 Å². The smallest absolute Gasteiger partial charge is 0.169 e. The molecule has 0 bridgehead atoms. The number of nitrogens with zero attached hydrogens (tertiary/aromatic N) is 5. The van der Waals surface area contributed by atoms with Crippen LogP contribution in [-0.2, 0) is 13.1 Å². The summed E-state index contributed by atoms with van der Waals surface area (Å²) in [6.45, 7) is 0.811. The zero-order valence-electron chi connectivity index (χ0n) is 17.4. The van der Waals surface area contributed by atoms with Gasteiger partial charge in [-0.3, -0.25) is 5.01 Å². The van der Waals surface area contributed by atoms with E-state index < -0.39 is 11.6 Å². The Morgan fingerprint density at radius 2 is 1.97 bits per heavy atom. The third kappa shape index (κ3) is 4.14. The number of halogens is 3. The lowest BCUT2D eigenvalue weighted by atomic mass is 10.1. The summed E-state index contributed by atoms with van der Waals surface area (Å²) in [5, 5.41) is 15.3. The highest BCUT2D eigenvalue weighted by molar-refractivity contribution is 6.33. The van der Waals surface area contributed by atoms with Gasteiger partial charge in [-0.1, -0.05) is 17.7 Å². The molecule has 2 aromatic heterocycles. The van der Waals surface area contributed by atoms with E-state index in [-0.39, 0.29) is 11.4 Å². The molecule has 5 rings (SSSR count). The Kier molecular flexibility index (Phi) is 5.47. The van der Waals surface area contributed by atoms with Gasteiger partial charge in [0.1, 0.15) is 17.3 Å². The predicted octanol–water partition coefficient (Wildman–Crippen LogP) is 4.82. The van der Waals surface area contributed by atoms with E-state index in [1.165, 1.54) is 12.1 Å². The number of hydrazone groups is 1. The molecule has 0 amide bonds. The van der Waals surface area contributed by atoms with Gasteiger partial charge in [-0.25, -0.2) is 13.8 Å². The van der Waals surface area contributed by atoms with Crippen LogP contribution >= 0.6 is 11.6 Å².